The van der Waals surface area contributed by atoms with Crippen LogP contribution in [0.4, 0.5) is 0 Å². The van der Waals surface area contributed by atoms with Gasteiger partial charge in [0.15, 0.2) is 0 Å². The molecule has 0 unspecified atom stereocenters. The van der Waals surface area contributed by atoms with Crippen molar-refractivity contribution in [3.05, 3.63) is 63.8 Å². The highest BCUT2D eigenvalue weighted by Gasteiger charge is 2.13. The van der Waals surface area contributed by atoms with Crippen molar-refractivity contribution in [1.82, 2.24) is 9.88 Å². The topological polar surface area (TPSA) is 46.3 Å². The van der Waals surface area contributed by atoms with Gasteiger partial charge >= 0.3 is 0 Å². The number of nitrogens with zero attached hydrogens (tertiary/aromatic N) is 2. The Hall–Kier alpha value is -2.40. The van der Waals surface area contributed by atoms with Crippen LogP contribution in [0, 0.1) is 13.8 Å². The Labute approximate surface area is 145 Å². The van der Waals surface area contributed by atoms with Crippen molar-refractivity contribution < 1.29 is 9.21 Å². The molecule has 2 heterocycles. The molecule has 124 valence electrons. The summed E-state index contributed by atoms with van der Waals surface area (Å²) in [7, 11) is 1.84. The van der Waals surface area contributed by atoms with Gasteiger partial charge in [-0.1, -0.05) is 12.1 Å². The quantitative estimate of drug-likeness (QED) is 0.694. The van der Waals surface area contributed by atoms with E-state index >= 15 is 0 Å². The first-order valence-electron chi connectivity index (χ1n) is 7.86. The SMILES string of the molecule is Cc1ccc(-c2ccc(C(=O)N(C)CCc3scnc3C)cc2)o1. The van der Waals surface area contributed by atoms with Crippen LogP contribution in [-0.2, 0) is 6.42 Å². The van der Waals surface area contributed by atoms with Crippen LogP contribution in [0.5, 0.6) is 0 Å². The van der Waals surface area contributed by atoms with E-state index in [1.165, 1.54) is 4.88 Å². The smallest absolute Gasteiger partial charge is 0.253 e. The van der Waals surface area contributed by atoms with Crippen LogP contribution in [0.2, 0.25) is 0 Å². The summed E-state index contributed by atoms with van der Waals surface area (Å²) in [4.78, 5) is 19.8. The average molecular weight is 340 g/mol. The van der Waals surface area contributed by atoms with Crippen molar-refractivity contribution in [2.75, 3.05) is 13.6 Å². The largest absolute Gasteiger partial charge is 0.461 e. The van der Waals surface area contributed by atoms with E-state index in [1.54, 1.807) is 16.2 Å². The van der Waals surface area contributed by atoms with Gasteiger partial charge in [0, 0.05) is 36.0 Å². The van der Waals surface area contributed by atoms with Gasteiger partial charge in [-0.3, -0.25) is 4.79 Å². The molecule has 0 saturated heterocycles. The van der Waals surface area contributed by atoms with Crippen LogP contribution in [0.1, 0.15) is 26.7 Å². The summed E-state index contributed by atoms with van der Waals surface area (Å²) in [6.07, 6.45) is 0.836. The molecule has 0 aliphatic carbocycles. The van der Waals surface area contributed by atoms with Crippen molar-refractivity contribution in [2.24, 2.45) is 0 Å². The van der Waals surface area contributed by atoms with Crippen LogP contribution >= 0.6 is 11.3 Å². The number of likely N-dealkylation sites (N-methyl/N-ethyl adjacent to an activating group) is 1. The van der Waals surface area contributed by atoms with Gasteiger partial charge in [0.2, 0.25) is 0 Å². The summed E-state index contributed by atoms with van der Waals surface area (Å²) in [5.74, 6) is 1.73. The molecule has 0 atom stereocenters. The number of benzene rings is 1. The predicted molar refractivity (Wildman–Crippen MR) is 96.4 cm³/mol. The second-order valence-corrected chi connectivity index (χ2v) is 6.76. The Bertz CT molecular complexity index is 833. The summed E-state index contributed by atoms with van der Waals surface area (Å²) in [5.41, 5.74) is 4.56. The van der Waals surface area contributed by atoms with E-state index < -0.39 is 0 Å². The number of carbonyl (C=O) groups is 1. The molecule has 0 N–H and O–H groups in total. The van der Waals surface area contributed by atoms with Crippen molar-refractivity contribution in [3.63, 3.8) is 0 Å². The molecule has 3 aromatic rings. The molecule has 0 radical (unpaired) electrons. The Morgan fingerprint density at radius 3 is 2.50 bits per heavy atom. The summed E-state index contributed by atoms with van der Waals surface area (Å²) < 4.78 is 5.61. The lowest BCUT2D eigenvalue weighted by molar-refractivity contribution is 0.0797. The summed E-state index contributed by atoms with van der Waals surface area (Å²) in [6, 6.07) is 11.4. The third-order valence-corrected chi connectivity index (χ3v) is 5.02. The van der Waals surface area contributed by atoms with E-state index in [9.17, 15) is 4.79 Å². The van der Waals surface area contributed by atoms with E-state index in [0.29, 0.717) is 12.1 Å². The highest BCUT2D eigenvalue weighted by molar-refractivity contribution is 7.09. The molecule has 0 fully saturated rings. The van der Waals surface area contributed by atoms with Crippen LogP contribution in [-0.4, -0.2) is 29.4 Å². The fraction of sp³-hybridized carbons (Fsp3) is 0.263. The maximum Gasteiger partial charge on any atom is 0.253 e. The van der Waals surface area contributed by atoms with Gasteiger partial charge in [0.05, 0.1) is 11.2 Å². The van der Waals surface area contributed by atoms with Crippen molar-refractivity contribution in [3.8, 4) is 11.3 Å². The number of aryl methyl sites for hydroxylation is 2. The number of carbonyl (C=O) groups excluding carboxylic acids is 1. The molecule has 3 rings (SSSR count). The Morgan fingerprint density at radius 1 is 1.17 bits per heavy atom. The predicted octanol–water partition coefficient (Wildman–Crippen LogP) is 4.33. The molecule has 0 aliphatic heterocycles. The summed E-state index contributed by atoms with van der Waals surface area (Å²) in [6.45, 7) is 4.60. The molecule has 2 aromatic heterocycles. The molecule has 24 heavy (non-hydrogen) atoms. The van der Waals surface area contributed by atoms with E-state index in [2.05, 4.69) is 4.98 Å². The fourth-order valence-corrected chi connectivity index (χ4v) is 3.29. The number of amides is 1. The van der Waals surface area contributed by atoms with Crippen molar-refractivity contribution in [2.45, 2.75) is 20.3 Å². The van der Waals surface area contributed by atoms with Gasteiger partial charge < -0.3 is 9.32 Å². The van der Waals surface area contributed by atoms with Gasteiger partial charge in [0.1, 0.15) is 11.5 Å². The van der Waals surface area contributed by atoms with Crippen LogP contribution < -0.4 is 0 Å². The number of rotatable bonds is 5. The van der Waals surface area contributed by atoms with Crippen LogP contribution in [0.25, 0.3) is 11.3 Å². The molecule has 4 nitrogen and oxygen atoms in total. The van der Waals surface area contributed by atoms with E-state index in [0.717, 1.165) is 29.2 Å². The first kappa shape index (κ1) is 16.5. The maximum atomic E-state index is 12.5. The first-order valence-corrected chi connectivity index (χ1v) is 8.74. The number of aromatic nitrogens is 1. The Kier molecular flexibility index (Phi) is 4.81. The fourth-order valence-electron chi connectivity index (χ4n) is 2.52. The minimum Gasteiger partial charge on any atom is -0.461 e. The zero-order valence-corrected chi connectivity index (χ0v) is 14.9. The molecule has 0 bridgehead atoms. The summed E-state index contributed by atoms with van der Waals surface area (Å²) in [5, 5.41) is 0. The second kappa shape index (κ2) is 7.01. The van der Waals surface area contributed by atoms with Gasteiger partial charge in [-0.2, -0.15) is 0 Å². The molecule has 0 saturated carbocycles. The lowest BCUT2D eigenvalue weighted by Crippen LogP contribution is -2.28. The number of hydrogen-bond donors (Lipinski definition) is 0. The average Bonchev–Trinajstić information content (AvgIpc) is 3.20. The molecule has 0 spiro atoms. The minimum atomic E-state index is 0.0272. The third kappa shape index (κ3) is 3.57. The molecular weight excluding hydrogens is 320 g/mol. The number of furan rings is 1. The van der Waals surface area contributed by atoms with Gasteiger partial charge in [-0.15, -0.1) is 11.3 Å². The number of hydrogen-bond acceptors (Lipinski definition) is 4. The highest BCUT2D eigenvalue weighted by atomic mass is 32.1. The molecule has 1 aromatic carbocycles. The molecule has 5 heteroatoms. The normalized spacial score (nSPS) is 10.8. The monoisotopic (exact) mass is 340 g/mol. The lowest BCUT2D eigenvalue weighted by atomic mass is 10.1. The standard InChI is InChI=1S/C19H20N2O2S/c1-13-4-9-17(23-13)15-5-7-16(8-6-15)19(22)21(3)11-10-18-14(2)20-12-24-18/h4-9,12H,10-11H2,1-3H3. The van der Waals surface area contributed by atoms with E-state index in [1.807, 2.05) is 62.8 Å². The minimum absolute atomic E-state index is 0.0272. The van der Waals surface area contributed by atoms with Crippen LogP contribution in [0.15, 0.2) is 46.3 Å². The lowest BCUT2D eigenvalue weighted by Gasteiger charge is -2.17. The molecular formula is C19H20N2O2S. The van der Waals surface area contributed by atoms with Crippen molar-refractivity contribution >= 4 is 17.2 Å². The molecule has 0 aliphatic rings. The Balaban J connectivity index is 1.65. The van der Waals surface area contributed by atoms with E-state index in [4.69, 9.17) is 4.42 Å². The zero-order chi connectivity index (χ0) is 17.1. The van der Waals surface area contributed by atoms with Gasteiger partial charge in [-0.05, 0) is 38.1 Å². The van der Waals surface area contributed by atoms with Crippen LogP contribution in [0.3, 0.4) is 0 Å². The van der Waals surface area contributed by atoms with E-state index in [-0.39, 0.29) is 5.91 Å². The second-order valence-electron chi connectivity index (χ2n) is 5.83. The third-order valence-electron chi connectivity index (χ3n) is 4.02. The van der Waals surface area contributed by atoms with Crippen molar-refractivity contribution in [1.29, 1.82) is 0 Å². The first-order chi connectivity index (χ1) is 11.5. The molecule has 1 amide bonds. The number of thiazole rings is 1. The summed E-state index contributed by atoms with van der Waals surface area (Å²) >= 11 is 1.64. The van der Waals surface area contributed by atoms with Gasteiger partial charge in [0.25, 0.3) is 5.91 Å². The van der Waals surface area contributed by atoms with Gasteiger partial charge in [-0.25, -0.2) is 4.98 Å². The highest BCUT2D eigenvalue weighted by Crippen LogP contribution is 2.22. The zero-order valence-electron chi connectivity index (χ0n) is 14.1. The maximum absolute atomic E-state index is 12.5. The Morgan fingerprint density at radius 2 is 1.92 bits per heavy atom.